The van der Waals surface area contributed by atoms with Crippen LogP contribution in [0.1, 0.15) is 24.9 Å². The van der Waals surface area contributed by atoms with Crippen LogP contribution in [0, 0.1) is 11.8 Å². The molecule has 3 atom stereocenters. The fourth-order valence-electron chi connectivity index (χ4n) is 2.16. The summed E-state index contributed by atoms with van der Waals surface area (Å²) in [7, 11) is 3.29. The van der Waals surface area contributed by atoms with Crippen LogP contribution in [0.15, 0.2) is 18.2 Å². The Morgan fingerprint density at radius 3 is 2.38 bits per heavy atom. The van der Waals surface area contributed by atoms with Gasteiger partial charge in [0, 0.05) is 6.04 Å². The molecule has 0 spiro atoms. The molecule has 0 amide bonds. The van der Waals surface area contributed by atoms with Gasteiger partial charge >= 0.3 is 0 Å². The SMILES string of the molecule is COc1ccc(C(N)C2CC2C)cc1OC. The van der Waals surface area contributed by atoms with E-state index in [1.807, 2.05) is 18.2 Å². The van der Waals surface area contributed by atoms with Gasteiger partial charge in [-0.15, -0.1) is 0 Å². The Morgan fingerprint density at radius 1 is 1.25 bits per heavy atom. The molecule has 1 aromatic rings. The average Bonchev–Trinajstić information content (AvgIpc) is 3.04. The number of ether oxygens (including phenoxy) is 2. The van der Waals surface area contributed by atoms with E-state index >= 15 is 0 Å². The van der Waals surface area contributed by atoms with E-state index in [0.717, 1.165) is 23.0 Å². The number of benzene rings is 1. The molecule has 0 saturated heterocycles. The first-order valence-electron chi connectivity index (χ1n) is 5.65. The highest BCUT2D eigenvalue weighted by Crippen LogP contribution is 2.46. The first-order valence-corrected chi connectivity index (χ1v) is 5.65. The summed E-state index contributed by atoms with van der Waals surface area (Å²) in [4.78, 5) is 0. The molecule has 3 heteroatoms. The van der Waals surface area contributed by atoms with Gasteiger partial charge in [-0.2, -0.15) is 0 Å². The van der Waals surface area contributed by atoms with Gasteiger partial charge in [-0.05, 0) is 36.0 Å². The van der Waals surface area contributed by atoms with E-state index in [1.54, 1.807) is 14.2 Å². The van der Waals surface area contributed by atoms with Gasteiger partial charge in [0.15, 0.2) is 11.5 Å². The number of nitrogens with two attached hydrogens (primary N) is 1. The number of hydrogen-bond acceptors (Lipinski definition) is 3. The largest absolute Gasteiger partial charge is 0.493 e. The van der Waals surface area contributed by atoms with E-state index < -0.39 is 0 Å². The Hall–Kier alpha value is -1.22. The molecule has 0 bridgehead atoms. The molecule has 16 heavy (non-hydrogen) atoms. The van der Waals surface area contributed by atoms with Gasteiger partial charge in [-0.25, -0.2) is 0 Å². The molecule has 0 radical (unpaired) electrons. The highest BCUT2D eigenvalue weighted by molar-refractivity contribution is 5.44. The summed E-state index contributed by atoms with van der Waals surface area (Å²) in [6, 6.07) is 6.04. The third-order valence-corrected chi connectivity index (χ3v) is 3.43. The number of rotatable bonds is 4. The van der Waals surface area contributed by atoms with Crippen molar-refractivity contribution < 1.29 is 9.47 Å². The minimum atomic E-state index is 0.120. The molecule has 3 unspecified atom stereocenters. The quantitative estimate of drug-likeness (QED) is 0.848. The highest BCUT2D eigenvalue weighted by Gasteiger charge is 2.38. The molecule has 0 aromatic heterocycles. The highest BCUT2D eigenvalue weighted by atomic mass is 16.5. The van der Waals surface area contributed by atoms with Gasteiger partial charge in [-0.1, -0.05) is 13.0 Å². The summed E-state index contributed by atoms with van der Waals surface area (Å²) in [5, 5.41) is 0. The number of hydrogen-bond donors (Lipinski definition) is 1. The molecule has 3 nitrogen and oxygen atoms in total. The van der Waals surface area contributed by atoms with Crippen LogP contribution in [0.4, 0.5) is 0 Å². The van der Waals surface area contributed by atoms with Crippen molar-refractivity contribution in [3.8, 4) is 11.5 Å². The van der Waals surface area contributed by atoms with Crippen molar-refractivity contribution in [3.63, 3.8) is 0 Å². The maximum absolute atomic E-state index is 6.21. The molecule has 1 aliphatic rings. The molecule has 0 heterocycles. The molecular formula is C13H19NO2. The van der Waals surface area contributed by atoms with Crippen molar-refractivity contribution in [2.45, 2.75) is 19.4 Å². The van der Waals surface area contributed by atoms with Crippen molar-refractivity contribution in [1.29, 1.82) is 0 Å². The Balaban J connectivity index is 2.21. The minimum Gasteiger partial charge on any atom is -0.493 e. The van der Waals surface area contributed by atoms with Crippen molar-refractivity contribution in [3.05, 3.63) is 23.8 Å². The summed E-state index contributed by atoms with van der Waals surface area (Å²) in [5.74, 6) is 2.88. The van der Waals surface area contributed by atoms with E-state index in [9.17, 15) is 0 Å². The zero-order valence-corrected chi connectivity index (χ0v) is 10.1. The van der Waals surface area contributed by atoms with E-state index in [1.165, 1.54) is 6.42 Å². The third-order valence-electron chi connectivity index (χ3n) is 3.43. The lowest BCUT2D eigenvalue weighted by molar-refractivity contribution is 0.354. The molecule has 1 aromatic carbocycles. The van der Waals surface area contributed by atoms with Crippen LogP contribution in [0.3, 0.4) is 0 Å². The van der Waals surface area contributed by atoms with E-state index in [-0.39, 0.29) is 6.04 Å². The maximum atomic E-state index is 6.21. The van der Waals surface area contributed by atoms with Crippen LogP contribution < -0.4 is 15.2 Å². The standard InChI is InChI=1S/C13H19NO2/c1-8-6-10(8)13(14)9-4-5-11(15-2)12(7-9)16-3/h4-5,7-8,10,13H,6,14H2,1-3H3. The summed E-state index contributed by atoms with van der Waals surface area (Å²) in [6.07, 6.45) is 1.23. The minimum absolute atomic E-state index is 0.120. The maximum Gasteiger partial charge on any atom is 0.161 e. The van der Waals surface area contributed by atoms with Crippen molar-refractivity contribution in [2.24, 2.45) is 17.6 Å². The predicted octanol–water partition coefficient (Wildman–Crippen LogP) is 2.36. The van der Waals surface area contributed by atoms with Crippen LogP contribution in [-0.4, -0.2) is 14.2 Å². The van der Waals surface area contributed by atoms with Gasteiger partial charge in [0.2, 0.25) is 0 Å². The third kappa shape index (κ3) is 2.00. The normalized spacial score (nSPS) is 25.0. The lowest BCUT2D eigenvalue weighted by Gasteiger charge is -2.14. The zero-order chi connectivity index (χ0) is 11.7. The summed E-state index contributed by atoms with van der Waals surface area (Å²) in [5.41, 5.74) is 7.34. The van der Waals surface area contributed by atoms with Crippen LogP contribution in [0.25, 0.3) is 0 Å². The van der Waals surface area contributed by atoms with Gasteiger partial charge in [0.25, 0.3) is 0 Å². The molecular weight excluding hydrogens is 202 g/mol. The first-order chi connectivity index (χ1) is 7.67. The molecule has 1 aliphatic carbocycles. The molecule has 1 fully saturated rings. The summed E-state index contributed by atoms with van der Waals surface area (Å²) < 4.78 is 10.5. The Bertz CT molecular complexity index is 378. The monoisotopic (exact) mass is 221 g/mol. The van der Waals surface area contributed by atoms with Crippen molar-refractivity contribution >= 4 is 0 Å². The molecule has 2 N–H and O–H groups in total. The molecule has 88 valence electrons. The number of methoxy groups -OCH3 is 2. The molecule has 2 rings (SSSR count). The second-order valence-corrected chi connectivity index (χ2v) is 4.52. The smallest absolute Gasteiger partial charge is 0.161 e. The average molecular weight is 221 g/mol. The Kier molecular flexibility index (Phi) is 3.06. The lowest BCUT2D eigenvalue weighted by atomic mass is 10.0. The molecule has 1 saturated carbocycles. The molecule has 0 aliphatic heterocycles. The predicted molar refractivity (Wildman–Crippen MR) is 63.7 cm³/mol. The second kappa shape index (κ2) is 4.34. The van der Waals surface area contributed by atoms with Crippen molar-refractivity contribution in [1.82, 2.24) is 0 Å². The van der Waals surface area contributed by atoms with Crippen LogP contribution in [-0.2, 0) is 0 Å². The van der Waals surface area contributed by atoms with Gasteiger partial charge in [0.1, 0.15) is 0 Å². The van der Waals surface area contributed by atoms with Gasteiger partial charge in [-0.3, -0.25) is 0 Å². The fourth-order valence-corrected chi connectivity index (χ4v) is 2.16. The van der Waals surface area contributed by atoms with Crippen LogP contribution in [0.2, 0.25) is 0 Å². The summed E-state index contributed by atoms with van der Waals surface area (Å²) >= 11 is 0. The second-order valence-electron chi connectivity index (χ2n) is 4.52. The van der Waals surface area contributed by atoms with Crippen LogP contribution in [0.5, 0.6) is 11.5 Å². The first kappa shape index (κ1) is 11.3. The van der Waals surface area contributed by atoms with E-state index in [0.29, 0.717) is 5.92 Å². The van der Waals surface area contributed by atoms with Gasteiger partial charge < -0.3 is 15.2 Å². The summed E-state index contributed by atoms with van der Waals surface area (Å²) in [6.45, 7) is 2.24. The van der Waals surface area contributed by atoms with Crippen molar-refractivity contribution in [2.75, 3.05) is 14.2 Å². The Labute approximate surface area is 96.5 Å². The fraction of sp³-hybridized carbons (Fsp3) is 0.538. The van der Waals surface area contributed by atoms with E-state index in [4.69, 9.17) is 15.2 Å². The van der Waals surface area contributed by atoms with E-state index in [2.05, 4.69) is 6.92 Å². The van der Waals surface area contributed by atoms with Gasteiger partial charge in [0.05, 0.1) is 14.2 Å². The zero-order valence-electron chi connectivity index (χ0n) is 10.1. The topological polar surface area (TPSA) is 44.5 Å². The lowest BCUT2D eigenvalue weighted by Crippen LogP contribution is -2.13. The van der Waals surface area contributed by atoms with Crippen LogP contribution >= 0.6 is 0 Å². The Morgan fingerprint density at radius 2 is 1.88 bits per heavy atom.